The van der Waals surface area contributed by atoms with Crippen molar-refractivity contribution in [3.8, 4) is 0 Å². The van der Waals surface area contributed by atoms with Crippen LogP contribution in [0.1, 0.15) is 19.4 Å². The number of amides is 2. The third kappa shape index (κ3) is 4.96. The number of anilines is 3. The van der Waals surface area contributed by atoms with Gasteiger partial charge in [0.1, 0.15) is 5.82 Å². The maximum Gasteiger partial charge on any atom is 0.416 e. The molecule has 0 saturated carbocycles. The number of nitrogens with one attached hydrogen (secondary N) is 2. The lowest BCUT2D eigenvalue weighted by Gasteiger charge is -2.22. The van der Waals surface area contributed by atoms with Crippen molar-refractivity contribution in [1.82, 2.24) is 4.98 Å². The number of fused-ring (bicyclic) bond motifs is 1. The molecule has 2 aromatic carbocycles. The van der Waals surface area contributed by atoms with Gasteiger partial charge in [-0.3, -0.25) is 0 Å². The molecule has 0 saturated heterocycles. The molecule has 0 radical (unpaired) electrons. The first-order valence-corrected chi connectivity index (χ1v) is 9.02. The summed E-state index contributed by atoms with van der Waals surface area (Å²) in [6.07, 6.45) is -4.41. The van der Waals surface area contributed by atoms with Gasteiger partial charge in [-0.1, -0.05) is 0 Å². The van der Waals surface area contributed by atoms with Crippen LogP contribution >= 0.6 is 0 Å². The van der Waals surface area contributed by atoms with Crippen molar-refractivity contribution in [3.05, 3.63) is 60.2 Å². The molecule has 29 heavy (non-hydrogen) atoms. The van der Waals surface area contributed by atoms with Gasteiger partial charge < -0.3 is 15.5 Å². The molecule has 0 aliphatic heterocycles. The van der Waals surface area contributed by atoms with Crippen molar-refractivity contribution < 1.29 is 18.0 Å². The zero-order valence-electron chi connectivity index (χ0n) is 16.2. The Bertz CT molecular complexity index is 1020. The van der Waals surface area contributed by atoms with E-state index in [0.717, 1.165) is 28.9 Å². The molecule has 2 amide bonds. The number of hydrogen-bond donors (Lipinski definition) is 2. The summed E-state index contributed by atoms with van der Waals surface area (Å²) in [4.78, 5) is 18.8. The van der Waals surface area contributed by atoms with Crippen molar-refractivity contribution in [2.45, 2.75) is 26.1 Å². The van der Waals surface area contributed by atoms with Crippen LogP contribution in [0.3, 0.4) is 0 Å². The number of rotatable bonds is 4. The summed E-state index contributed by atoms with van der Waals surface area (Å²) in [5.41, 5.74) is 0.838. The summed E-state index contributed by atoms with van der Waals surface area (Å²) >= 11 is 0. The van der Waals surface area contributed by atoms with E-state index in [1.807, 2.05) is 19.2 Å². The lowest BCUT2D eigenvalue weighted by Crippen LogP contribution is -2.26. The molecule has 0 unspecified atom stereocenters. The highest BCUT2D eigenvalue weighted by Gasteiger charge is 2.29. The summed E-state index contributed by atoms with van der Waals surface area (Å²) < 4.78 is 37.8. The molecule has 0 fully saturated rings. The Morgan fingerprint density at radius 1 is 0.966 bits per heavy atom. The second-order valence-corrected chi connectivity index (χ2v) is 6.94. The zero-order chi connectivity index (χ0) is 21.2. The Balaban J connectivity index is 1.69. The monoisotopic (exact) mass is 402 g/mol. The van der Waals surface area contributed by atoms with Gasteiger partial charge in [0.05, 0.1) is 11.1 Å². The van der Waals surface area contributed by atoms with E-state index in [1.54, 1.807) is 18.2 Å². The Kier molecular flexibility index (Phi) is 5.63. The fourth-order valence-electron chi connectivity index (χ4n) is 2.69. The third-order valence-electron chi connectivity index (χ3n) is 4.54. The topological polar surface area (TPSA) is 57.3 Å². The molecule has 0 aliphatic rings. The van der Waals surface area contributed by atoms with Gasteiger partial charge in [-0.25, -0.2) is 9.78 Å². The van der Waals surface area contributed by atoms with Gasteiger partial charge in [0.15, 0.2) is 0 Å². The van der Waals surface area contributed by atoms with Gasteiger partial charge in [0.2, 0.25) is 0 Å². The minimum Gasteiger partial charge on any atom is -0.357 e. The fraction of sp³-hybridized carbons (Fsp3) is 0.238. The fourth-order valence-corrected chi connectivity index (χ4v) is 2.69. The van der Waals surface area contributed by atoms with Gasteiger partial charge in [0.25, 0.3) is 0 Å². The maximum atomic E-state index is 12.6. The molecule has 2 N–H and O–H groups in total. The molecule has 1 heterocycles. The van der Waals surface area contributed by atoms with Crippen LogP contribution in [-0.2, 0) is 6.18 Å². The summed E-state index contributed by atoms with van der Waals surface area (Å²) in [5.74, 6) is 0.855. The van der Waals surface area contributed by atoms with Crippen LogP contribution in [0.5, 0.6) is 0 Å². The van der Waals surface area contributed by atoms with E-state index in [2.05, 4.69) is 34.4 Å². The third-order valence-corrected chi connectivity index (χ3v) is 4.54. The number of benzene rings is 2. The number of urea groups is 1. The standard InChI is InChI=1S/C21H21F3N4O/c1-13(2)28(3)19-11-4-14-12-17(9-10-18(14)27-19)26-20(29)25-16-7-5-15(6-8-16)21(22,23)24/h4-13H,1-3H3,(H2,25,26,29). The molecule has 0 aliphatic carbocycles. The number of carbonyl (C=O) groups is 1. The maximum absolute atomic E-state index is 12.6. The molecule has 0 atom stereocenters. The Hall–Kier alpha value is -3.29. The van der Waals surface area contributed by atoms with Gasteiger partial charge in [0, 0.05) is 29.9 Å². The Morgan fingerprint density at radius 3 is 2.21 bits per heavy atom. The van der Waals surface area contributed by atoms with Crippen LogP contribution in [0, 0.1) is 0 Å². The molecule has 0 spiro atoms. The molecular weight excluding hydrogens is 381 g/mol. The number of aromatic nitrogens is 1. The van der Waals surface area contributed by atoms with Crippen LogP contribution in [0.4, 0.5) is 35.2 Å². The van der Waals surface area contributed by atoms with Gasteiger partial charge in [-0.2, -0.15) is 13.2 Å². The summed E-state index contributed by atoms with van der Waals surface area (Å²) in [7, 11) is 1.97. The first-order valence-electron chi connectivity index (χ1n) is 9.02. The second-order valence-electron chi connectivity index (χ2n) is 6.94. The number of hydrogen-bond acceptors (Lipinski definition) is 3. The van der Waals surface area contributed by atoms with Crippen LogP contribution in [0.25, 0.3) is 10.9 Å². The van der Waals surface area contributed by atoms with Crippen molar-refractivity contribution in [3.63, 3.8) is 0 Å². The van der Waals surface area contributed by atoms with Crippen LogP contribution < -0.4 is 15.5 Å². The predicted octanol–water partition coefficient (Wildman–Crippen LogP) is 5.74. The molecule has 3 aromatic rings. The van der Waals surface area contributed by atoms with Crippen LogP contribution in [0.2, 0.25) is 0 Å². The summed E-state index contributed by atoms with van der Waals surface area (Å²) in [6.45, 7) is 4.16. The zero-order valence-corrected chi connectivity index (χ0v) is 16.2. The minimum atomic E-state index is -4.41. The quantitative estimate of drug-likeness (QED) is 0.585. The van der Waals surface area contributed by atoms with Gasteiger partial charge in [-0.15, -0.1) is 0 Å². The van der Waals surface area contributed by atoms with E-state index in [4.69, 9.17) is 0 Å². The first kappa shape index (κ1) is 20.4. The summed E-state index contributed by atoms with van der Waals surface area (Å²) in [6, 6.07) is 13.2. The van der Waals surface area contributed by atoms with Crippen molar-refractivity contribution in [2.75, 3.05) is 22.6 Å². The van der Waals surface area contributed by atoms with Crippen molar-refractivity contribution in [2.24, 2.45) is 0 Å². The molecular formula is C21H21F3N4O. The molecule has 1 aromatic heterocycles. The minimum absolute atomic E-state index is 0.263. The van der Waals surface area contributed by atoms with E-state index in [1.165, 1.54) is 12.1 Å². The average Bonchev–Trinajstić information content (AvgIpc) is 2.66. The Morgan fingerprint density at radius 2 is 1.59 bits per heavy atom. The number of carbonyl (C=O) groups excluding carboxylic acids is 1. The highest BCUT2D eigenvalue weighted by molar-refractivity contribution is 6.01. The van der Waals surface area contributed by atoms with E-state index in [0.29, 0.717) is 11.7 Å². The smallest absolute Gasteiger partial charge is 0.357 e. The molecule has 3 rings (SSSR count). The van der Waals surface area contributed by atoms with Gasteiger partial charge in [-0.05, 0) is 68.4 Å². The normalized spacial score (nSPS) is 11.6. The lowest BCUT2D eigenvalue weighted by atomic mass is 10.2. The molecule has 0 bridgehead atoms. The molecule has 152 valence electrons. The summed E-state index contributed by atoms with van der Waals surface area (Å²) in [5, 5.41) is 6.05. The molecule has 8 heteroatoms. The number of halogens is 3. The highest BCUT2D eigenvalue weighted by Crippen LogP contribution is 2.30. The van der Waals surface area contributed by atoms with E-state index in [9.17, 15) is 18.0 Å². The van der Waals surface area contributed by atoms with E-state index in [-0.39, 0.29) is 5.69 Å². The van der Waals surface area contributed by atoms with Crippen LogP contribution in [0.15, 0.2) is 54.6 Å². The molecule has 5 nitrogen and oxygen atoms in total. The van der Waals surface area contributed by atoms with E-state index >= 15 is 0 Å². The van der Waals surface area contributed by atoms with E-state index < -0.39 is 17.8 Å². The second kappa shape index (κ2) is 7.98. The predicted molar refractivity (Wildman–Crippen MR) is 109 cm³/mol. The highest BCUT2D eigenvalue weighted by atomic mass is 19.4. The van der Waals surface area contributed by atoms with Crippen molar-refractivity contribution >= 4 is 34.1 Å². The van der Waals surface area contributed by atoms with Crippen LogP contribution in [-0.4, -0.2) is 24.1 Å². The SMILES string of the molecule is CC(C)N(C)c1ccc2cc(NC(=O)Nc3ccc(C(F)(F)F)cc3)ccc2n1. The lowest BCUT2D eigenvalue weighted by molar-refractivity contribution is -0.137. The first-order chi connectivity index (χ1) is 13.6. The Labute approximate surface area is 166 Å². The number of pyridine rings is 1. The number of nitrogens with zero attached hydrogens (tertiary/aromatic N) is 2. The largest absolute Gasteiger partial charge is 0.416 e. The van der Waals surface area contributed by atoms with Gasteiger partial charge >= 0.3 is 12.2 Å². The average molecular weight is 402 g/mol. The number of alkyl halides is 3. The van der Waals surface area contributed by atoms with Crippen molar-refractivity contribution in [1.29, 1.82) is 0 Å².